The third kappa shape index (κ3) is 0.953. The van der Waals surface area contributed by atoms with Gasteiger partial charge in [0.05, 0.1) is 11.3 Å². The maximum atomic E-state index is 11.6. The van der Waals surface area contributed by atoms with Crippen molar-refractivity contribution >= 4 is 11.7 Å². The summed E-state index contributed by atoms with van der Waals surface area (Å²) in [6.45, 7) is 0.995. The molecule has 0 aromatic heterocycles. The number of fused-ring (bicyclic) bond motifs is 3. The van der Waals surface area contributed by atoms with Gasteiger partial charge in [-0.05, 0) is 18.6 Å². The van der Waals surface area contributed by atoms with E-state index in [4.69, 9.17) is 4.74 Å². The number of anilines is 1. The fourth-order valence-corrected chi connectivity index (χ4v) is 2.22. The second-order valence-electron chi connectivity index (χ2n) is 3.71. The Morgan fingerprint density at radius 1 is 1.36 bits per heavy atom. The number of rotatable bonds is 0. The first-order valence-electron chi connectivity index (χ1n) is 4.93. The van der Waals surface area contributed by atoms with E-state index in [0.717, 1.165) is 25.1 Å². The molecule has 2 heterocycles. The van der Waals surface area contributed by atoms with Crippen LogP contribution in [0.25, 0.3) is 0 Å². The summed E-state index contributed by atoms with van der Waals surface area (Å²) < 4.78 is 5.32. The van der Waals surface area contributed by atoms with Gasteiger partial charge in [0.2, 0.25) is 0 Å². The number of nitrogens with zero attached hydrogens (tertiary/aromatic N) is 1. The molecule has 1 saturated heterocycles. The lowest BCUT2D eigenvalue weighted by Crippen LogP contribution is -2.38. The number of hydrogen-bond acceptors (Lipinski definition) is 3. The molecule has 0 bridgehead atoms. The number of carbonyl (C=O) groups excluding carboxylic acids is 1. The molecule has 1 aromatic rings. The lowest BCUT2D eigenvalue weighted by Gasteiger charge is -2.32. The monoisotopic (exact) mass is 189 g/mol. The van der Waals surface area contributed by atoms with E-state index in [9.17, 15) is 4.79 Å². The Morgan fingerprint density at radius 2 is 2.21 bits per heavy atom. The molecule has 0 amide bonds. The third-order valence-corrected chi connectivity index (χ3v) is 2.87. The summed E-state index contributed by atoms with van der Waals surface area (Å²) in [6.07, 6.45) is 2.05. The van der Waals surface area contributed by atoms with Crippen LogP contribution in [0.5, 0.6) is 0 Å². The third-order valence-electron chi connectivity index (χ3n) is 2.87. The first kappa shape index (κ1) is 7.85. The molecule has 3 nitrogen and oxygen atoms in total. The number of benzene rings is 1. The second-order valence-corrected chi connectivity index (χ2v) is 3.71. The van der Waals surface area contributed by atoms with Gasteiger partial charge in [-0.2, -0.15) is 0 Å². The predicted octanol–water partition coefficient (Wildman–Crippen LogP) is 1.78. The zero-order valence-corrected chi connectivity index (χ0v) is 7.77. The summed E-state index contributed by atoms with van der Waals surface area (Å²) in [7, 11) is 0. The van der Waals surface area contributed by atoms with Crippen molar-refractivity contribution in [3.05, 3.63) is 29.8 Å². The van der Waals surface area contributed by atoms with Crippen molar-refractivity contribution in [2.75, 3.05) is 11.4 Å². The Morgan fingerprint density at radius 3 is 3.14 bits per heavy atom. The van der Waals surface area contributed by atoms with E-state index in [1.54, 1.807) is 0 Å². The Bertz CT molecular complexity index is 389. The molecule has 3 heteroatoms. The largest absolute Gasteiger partial charge is 0.438 e. The first-order chi connectivity index (χ1) is 6.86. The van der Waals surface area contributed by atoms with Gasteiger partial charge in [0, 0.05) is 13.0 Å². The average molecular weight is 189 g/mol. The van der Waals surface area contributed by atoms with E-state index >= 15 is 0 Å². The molecular formula is C11H11NO2. The molecule has 3 rings (SSSR count). The molecule has 1 aromatic carbocycles. The summed E-state index contributed by atoms with van der Waals surface area (Å²) in [5.41, 5.74) is 1.73. The van der Waals surface area contributed by atoms with Gasteiger partial charge in [-0.15, -0.1) is 0 Å². The number of para-hydroxylation sites is 1. The van der Waals surface area contributed by atoms with Crippen LogP contribution in [0.2, 0.25) is 0 Å². The minimum absolute atomic E-state index is 0.0163. The lowest BCUT2D eigenvalue weighted by atomic mass is 10.1. The van der Waals surface area contributed by atoms with Crippen molar-refractivity contribution in [3.8, 4) is 0 Å². The minimum atomic E-state index is -0.177. The van der Waals surface area contributed by atoms with Crippen LogP contribution in [0, 0.1) is 0 Å². The van der Waals surface area contributed by atoms with E-state index in [1.807, 2.05) is 24.3 Å². The highest BCUT2D eigenvalue weighted by molar-refractivity contribution is 5.97. The maximum absolute atomic E-state index is 11.6. The van der Waals surface area contributed by atoms with E-state index in [0.29, 0.717) is 5.56 Å². The van der Waals surface area contributed by atoms with Crippen molar-refractivity contribution in [1.82, 2.24) is 0 Å². The van der Waals surface area contributed by atoms with Crippen LogP contribution < -0.4 is 4.90 Å². The normalized spacial score (nSPS) is 24.1. The van der Waals surface area contributed by atoms with Crippen LogP contribution >= 0.6 is 0 Å². The fourth-order valence-electron chi connectivity index (χ4n) is 2.22. The number of hydrogen-bond donors (Lipinski definition) is 0. The summed E-state index contributed by atoms with van der Waals surface area (Å²) in [5.74, 6) is -0.177. The van der Waals surface area contributed by atoms with Crippen molar-refractivity contribution in [2.45, 2.75) is 19.1 Å². The van der Waals surface area contributed by atoms with Crippen molar-refractivity contribution in [2.24, 2.45) is 0 Å². The molecule has 0 N–H and O–H groups in total. The van der Waals surface area contributed by atoms with E-state index in [2.05, 4.69) is 4.90 Å². The van der Waals surface area contributed by atoms with Gasteiger partial charge < -0.3 is 9.64 Å². The molecule has 1 atom stereocenters. The molecule has 1 fully saturated rings. The van der Waals surface area contributed by atoms with Crippen molar-refractivity contribution in [1.29, 1.82) is 0 Å². The van der Waals surface area contributed by atoms with E-state index in [-0.39, 0.29) is 12.2 Å². The van der Waals surface area contributed by atoms with Crippen LogP contribution in [-0.4, -0.2) is 18.7 Å². The Labute approximate surface area is 82.3 Å². The van der Waals surface area contributed by atoms with Gasteiger partial charge in [-0.25, -0.2) is 4.79 Å². The molecule has 1 unspecified atom stereocenters. The SMILES string of the molecule is O=C1OC2CCCN2c2ccccc21. The topological polar surface area (TPSA) is 29.5 Å². The molecule has 2 aliphatic rings. The highest BCUT2D eigenvalue weighted by atomic mass is 16.6. The standard InChI is InChI=1S/C11H11NO2/c13-11-8-4-1-2-5-9(8)12-7-3-6-10(12)14-11/h1-2,4-5,10H,3,6-7H2. The molecule has 0 spiro atoms. The van der Waals surface area contributed by atoms with Gasteiger partial charge in [0.15, 0.2) is 6.23 Å². The van der Waals surface area contributed by atoms with E-state index in [1.165, 1.54) is 0 Å². The molecule has 72 valence electrons. The molecule has 2 aliphatic heterocycles. The zero-order valence-electron chi connectivity index (χ0n) is 7.77. The molecule has 14 heavy (non-hydrogen) atoms. The van der Waals surface area contributed by atoms with Crippen molar-refractivity contribution in [3.63, 3.8) is 0 Å². The number of esters is 1. The second kappa shape index (κ2) is 2.74. The molecule has 0 radical (unpaired) electrons. The van der Waals surface area contributed by atoms with Crippen LogP contribution in [0.4, 0.5) is 5.69 Å². The smallest absolute Gasteiger partial charge is 0.342 e. The molecular weight excluding hydrogens is 178 g/mol. The Balaban J connectivity index is 2.13. The Hall–Kier alpha value is -1.51. The van der Waals surface area contributed by atoms with Crippen LogP contribution in [0.1, 0.15) is 23.2 Å². The lowest BCUT2D eigenvalue weighted by molar-refractivity contribution is 0.0292. The Kier molecular flexibility index (Phi) is 1.54. The quantitative estimate of drug-likeness (QED) is 0.583. The molecule has 0 saturated carbocycles. The summed E-state index contributed by atoms with van der Waals surface area (Å²) in [6, 6.07) is 7.66. The van der Waals surface area contributed by atoms with Crippen LogP contribution in [0.3, 0.4) is 0 Å². The fraction of sp³-hybridized carbons (Fsp3) is 0.364. The predicted molar refractivity (Wildman–Crippen MR) is 52.2 cm³/mol. The van der Waals surface area contributed by atoms with Gasteiger partial charge >= 0.3 is 5.97 Å². The van der Waals surface area contributed by atoms with E-state index < -0.39 is 0 Å². The summed E-state index contributed by atoms with van der Waals surface area (Å²) in [4.78, 5) is 13.8. The highest BCUT2D eigenvalue weighted by Crippen LogP contribution is 2.34. The van der Waals surface area contributed by atoms with Gasteiger partial charge in [-0.3, -0.25) is 0 Å². The number of ether oxygens (including phenoxy) is 1. The zero-order chi connectivity index (χ0) is 9.54. The van der Waals surface area contributed by atoms with Crippen LogP contribution in [-0.2, 0) is 4.74 Å². The molecule has 0 aliphatic carbocycles. The van der Waals surface area contributed by atoms with Crippen LogP contribution in [0.15, 0.2) is 24.3 Å². The minimum Gasteiger partial charge on any atom is -0.438 e. The number of carbonyl (C=O) groups is 1. The first-order valence-corrected chi connectivity index (χ1v) is 4.93. The van der Waals surface area contributed by atoms with Crippen molar-refractivity contribution < 1.29 is 9.53 Å². The maximum Gasteiger partial charge on any atom is 0.342 e. The van der Waals surface area contributed by atoms with Gasteiger partial charge in [0.1, 0.15) is 0 Å². The van der Waals surface area contributed by atoms with Gasteiger partial charge in [0.25, 0.3) is 0 Å². The summed E-state index contributed by atoms with van der Waals surface area (Å²) >= 11 is 0. The summed E-state index contributed by atoms with van der Waals surface area (Å²) in [5, 5.41) is 0. The van der Waals surface area contributed by atoms with Gasteiger partial charge in [-0.1, -0.05) is 12.1 Å². The average Bonchev–Trinajstić information content (AvgIpc) is 2.66. The highest BCUT2D eigenvalue weighted by Gasteiger charge is 2.35.